The van der Waals surface area contributed by atoms with Crippen molar-refractivity contribution in [1.29, 1.82) is 0 Å². The van der Waals surface area contributed by atoms with Crippen molar-refractivity contribution < 1.29 is 4.79 Å². The lowest BCUT2D eigenvalue weighted by molar-refractivity contribution is -0.119. The second kappa shape index (κ2) is 4.75. The fourth-order valence-electron chi connectivity index (χ4n) is 1.94. The van der Waals surface area contributed by atoms with Gasteiger partial charge in [0, 0.05) is 6.54 Å². The van der Waals surface area contributed by atoms with Crippen LogP contribution in [0.15, 0.2) is 0 Å². The van der Waals surface area contributed by atoms with Gasteiger partial charge in [-0.15, -0.1) is 0 Å². The molecule has 0 aliphatic heterocycles. The molecule has 82 valence electrons. The lowest BCUT2D eigenvalue weighted by atomic mass is 10.0. The molecule has 0 spiro atoms. The summed E-state index contributed by atoms with van der Waals surface area (Å²) < 4.78 is 0. The molecule has 0 aromatic carbocycles. The quantitative estimate of drug-likeness (QED) is 0.602. The van der Waals surface area contributed by atoms with Crippen LogP contribution in [-0.4, -0.2) is 37.0 Å². The Hall–Kier alpha value is -0.610. The largest absolute Gasteiger partial charge is 0.369 e. The Morgan fingerprint density at radius 3 is 2.50 bits per heavy atom. The first-order chi connectivity index (χ1) is 6.62. The van der Waals surface area contributed by atoms with Crippen LogP contribution in [-0.2, 0) is 4.79 Å². The highest BCUT2D eigenvalue weighted by Crippen LogP contribution is 2.48. The zero-order chi connectivity index (χ0) is 10.6. The van der Waals surface area contributed by atoms with Gasteiger partial charge in [0.15, 0.2) is 0 Å². The Kier molecular flexibility index (Phi) is 3.89. The van der Waals surface area contributed by atoms with Gasteiger partial charge in [0.05, 0.1) is 6.54 Å². The summed E-state index contributed by atoms with van der Waals surface area (Å²) in [5.41, 5.74) is 11.1. The normalized spacial score (nSPS) is 18.5. The minimum Gasteiger partial charge on any atom is -0.369 e. The van der Waals surface area contributed by atoms with Crippen LogP contribution in [0.25, 0.3) is 0 Å². The summed E-state index contributed by atoms with van der Waals surface area (Å²) in [5, 5.41) is 0. The topological polar surface area (TPSA) is 72.3 Å². The van der Waals surface area contributed by atoms with E-state index in [2.05, 4.69) is 11.8 Å². The van der Waals surface area contributed by atoms with Crippen LogP contribution in [0, 0.1) is 5.41 Å². The summed E-state index contributed by atoms with van der Waals surface area (Å²) in [4.78, 5) is 12.9. The lowest BCUT2D eigenvalue weighted by Crippen LogP contribution is -2.38. The molecule has 1 rings (SSSR count). The van der Waals surface area contributed by atoms with Crippen molar-refractivity contribution in [3.05, 3.63) is 0 Å². The Labute approximate surface area is 85.6 Å². The van der Waals surface area contributed by atoms with Gasteiger partial charge in [0.2, 0.25) is 5.91 Å². The predicted octanol–water partition coefficient (Wildman–Crippen LogP) is -0.0774. The highest BCUT2D eigenvalue weighted by atomic mass is 16.1. The molecule has 0 bridgehead atoms. The maximum atomic E-state index is 10.8. The molecule has 1 saturated carbocycles. The van der Waals surface area contributed by atoms with Gasteiger partial charge in [-0.25, -0.2) is 0 Å². The van der Waals surface area contributed by atoms with E-state index in [4.69, 9.17) is 11.5 Å². The van der Waals surface area contributed by atoms with Gasteiger partial charge in [0.25, 0.3) is 0 Å². The summed E-state index contributed by atoms with van der Waals surface area (Å²) >= 11 is 0. The average Bonchev–Trinajstić information content (AvgIpc) is 2.84. The molecule has 4 N–H and O–H groups in total. The number of carbonyl (C=O) groups excluding carboxylic acids is 1. The number of nitrogens with two attached hydrogens (primary N) is 2. The van der Waals surface area contributed by atoms with Crippen LogP contribution < -0.4 is 11.5 Å². The summed E-state index contributed by atoms with van der Waals surface area (Å²) in [6.45, 7) is 5.04. The Morgan fingerprint density at radius 1 is 1.50 bits per heavy atom. The van der Waals surface area contributed by atoms with E-state index in [1.54, 1.807) is 0 Å². The minimum atomic E-state index is -0.240. The van der Waals surface area contributed by atoms with Crippen molar-refractivity contribution in [2.24, 2.45) is 16.9 Å². The molecule has 0 unspecified atom stereocenters. The van der Waals surface area contributed by atoms with Crippen molar-refractivity contribution in [2.45, 2.75) is 26.2 Å². The zero-order valence-electron chi connectivity index (χ0n) is 8.96. The number of carbonyl (C=O) groups is 1. The Balaban J connectivity index is 2.36. The van der Waals surface area contributed by atoms with E-state index in [1.807, 2.05) is 0 Å². The van der Waals surface area contributed by atoms with Gasteiger partial charge in [-0.3, -0.25) is 9.69 Å². The van der Waals surface area contributed by atoms with Crippen LogP contribution in [0.2, 0.25) is 0 Å². The lowest BCUT2D eigenvalue weighted by Gasteiger charge is -2.24. The van der Waals surface area contributed by atoms with E-state index >= 15 is 0 Å². The summed E-state index contributed by atoms with van der Waals surface area (Å²) in [7, 11) is 0. The second-order valence-corrected chi connectivity index (χ2v) is 4.31. The Bertz CT molecular complexity index is 202. The minimum absolute atomic E-state index is 0.240. The average molecular weight is 199 g/mol. The highest BCUT2D eigenvalue weighted by Gasteiger charge is 2.42. The fraction of sp³-hybridized carbons (Fsp3) is 0.900. The molecule has 0 heterocycles. The van der Waals surface area contributed by atoms with Crippen molar-refractivity contribution in [1.82, 2.24) is 4.90 Å². The number of nitrogens with zero attached hydrogens (tertiary/aromatic N) is 1. The first kappa shape index (κ1) is 11.5. The summed E-state index contributed by atoms with van der Waals surface area (Å²) in [6.07, 6.45) is 3.57. The third kappa shape index (κ3) is 3.27. The van der Waals surface area contributed by atoms with Gasteiger partial charge < -0.3 is 11.5 Å². The molecule has 1 amide bonds. The van der Waals surface area contributed by atoms with Crippen molar-refractivity contribution in [2.75, 3.05) is 26.2 Å². The summed E-state index contributed by atoms with van der Waals surface area (Å²) in [5.74, 6) is -0.240. The zero-order valence-corrected chi connectivity index (χ0v) is 8.96. The predicted molar refractivity (Wildman–Crippen MR) is 56.6 cm³/mol. The SMILES string of the molecule is CCN(CC(N)=O)CC1(CCN)CC1. The number of hydrogen-bond donors (Lipinski definition) is 2. The standard InChI is InChI=1S/C10H21N3O/c1-2-13(7-9(12)14)8-10(3-4-10)5-6-11/h2-8,11H2,1H3,(H2,12,14). The Morgan fingerprint density at radius 2 is 2.14 bits per heavy atom. The highest BCUT2D eigenvalue weighted by molar-refractivity contribution is 5.75. The molecule has 0 radical (unpaired) electrons. The fourth-order valence-corrected chi connectivity index (χ4v) is 1.94. The molecule has 0 aromatic rings. The number of amides is 1. The smallest absolute Gasteiger partial charge is 0.231 e. The third-order valence-electron chi connectivity index (χ3n) is 3.02. The molecule has 1 aliphatic carbocycles. The van der Waals surface area contributed by atoms with Crippen LogP contribution in [0.5, 0.6) is 0 Å². The van der Waals surface area contributed by atoms with E-state index in [0.29, 0.717) is 12.0 Å². The third-order valence-corrected chi connectivity index (χ3v) is 3.02. The van der Waals surface area contributed by atoms with Gasteiger partial charge in [-0.1, -0.05) is 6.92 Å². The van der Waals surface area contributed by atoms with Gasteiger partial charge in [0.1, 0.15) is 0 Å². The van der Waals surface area contributed by atoms with Gasteiger partial charge >= 0.3 is 0 Å². The molecule has 4 heteroatoms. The second-order valence-electron chi connectivity index (χ2n) is 4.31. The van der Waals surface area contributed by atoms with E-state index in [0.717, 1.165) is 26.1 Å². The molecule has 0 atom stereocenters. The van der Waals surface area contributed by atoms with Crippen LogP contribution in [0.3, 0.4) is 0 Å². The van der Waals surface area contributed by atoms with E-state index < -0.39 is 0 Å². The van der Waals surface area contributed by atoms with Crippen LogP contribution in [0.4, 0.5) is 0 Å². The molecular formula is C10H21N3O. The number of likely N-dealkylation sites (N-methyl/N-ethyl adjacent to an activating group) is 1. The van der Waals surface area contributed by atoms with Crippen molar-refractivity contribution in [3.8, 4) is 0 Å². The molecule has 0 saturated heterocycles. The van der Waals surface area contributed by atoms with Crippen molar-refractivity contribution >= 4 is 5.91 Å². The first-order valence-corrected chi connectivity index (χ1v) is 5.32. The summed E-state index contributed by atoms with van der Waals surface area (Å²) in [6, 6.07) is 0. The van der Waals surface area contributed by atoms with E-state index in [-0.39, 0.29) is 5.91 Å². The van der Waals surface area contributed by atoms with Crippen LogP contribution >= 0.6 is 0 Å². The monoisotopic (exact) mass is 199 g/mol. The maximum absolute atomic E-state index is 10.8. The maximum Gasteiger partial charge on any atom is 0.231 e. The molecule has 1 fully saturated rings. The van der Waals surface area contributed by atoms with Crippen LogP contribution in [0.1, 0.15) is 26.2 Å². The first-order valence-electron chi connectivity index (χ1n) is 5.32. The van der Waals surface area contributed by atoms with Gasteiger partial charge in [-0.2, -0.15) is 0 Å². The molecular weight excluding hydrogens is 178 g/mol. The number of primary amides is 1. The van der Waals surface area contributed by atoms with E-state index in [9.17, 15) is 4.79 Å². The number of rotatable bonds is 7. The van der Waals surface area contributed by atoms with Crippen molar-refractivity contribution in [3.63, 3.8) is 0 Å². The van der Waals surface area contributed by atoms with Gasteiger partial charge in [-0.05, 0) is 37.8 Å². The number of hydrogen-bond acceptors (Lipinski definition) is 3. The molecule has 1 aliphatic rings. The molecule has 4 nitrogen and oxygen atoms in total. The molecule has 0 aromatic heterocycles. The van der Waals surface area contributed by atoms with E-state index in [1.165, 1.54) is 12.8 Å². The molecule has 14 heavy (non-hydrogen) atoms.